The van der Waals surface area contributed by atoms with Crippen molar-refractivity contribution in [2.24, 2.45) is 0 Å². The number of hydrogen-bond donors (Lipinski definition) is 2. The maximum absolute atomic E-state index is 9.93. The molecule has 2 nitrogen and oxygen atoms in total. The highest BCUT2D eigenvalue weighted by molar-refractivity contribution is 5.47. The second-order valence-corrected chi connectivity index (χ2v) is 6.94. The van der Waals surface area contributed by atoms with Crippen LogP contribution in [-0.4, -0.2) is 10.2 Å². The monoisotopic (exact) mass is 326 g/mol. The summed E-state index contributed by atoms with van der Waals surface area (Å²) in [6.07, 6.45) is 5.52. The smallest absolute Gasteiger partial charge is 0.118 e. The van der Waals surface area contributed by atoms with E-state index in [9.17, 15) is 10.2 Å². The van der Waals surface area contributed by atoms with Gasteiger partial charge in [0.25, 0.3) is 0 Å². The molecular weight excluding hydrogens is 296 g/mol. The number of aryl methyl sites for hydroxylation is 2. The quantitative estimate of drug-likeness (QED) is 0.656. The van der Waals surface area contributed by atoms with Crippen molar-refractivity contribution in [3.63, 3.8) is 0 Å². The molecule has 0 aliphatic carbocycles. The van der Waals surface area contributed by atoms with E-state index in [1.54, 1.807) is 0 Å². The van der Waals surface area contributed by atoms with E-state index in [4.69, 9.17) is 0 Å². The number of hydrogen-bond acceptors (Lipinski definition) is 2. The Bertz CT molecular complexity index is 637. The van der Waals surface area contributed by atoms with Gasteiger partial charge in [-0.05, 0) is 61.1 Å². The fraction of sp³-hybridized carbons (Fsp3) is 0.455. The molecule has 0 saturated heterocycles. The summed E-state index contributed by atoms with van der Waals surface area (Å²) < 4.78 is 0. The molecule has 2 aromatic carbocycles. The molecule has 2 N–H and O–H groups in total. The van der Waals surface area contributed by atoms with Crippen LogP contribution in [0.1, 0.15) is 68.2 Å². The SMILES string of the molecule is CCCCC(CCC)(c1ccc(O)c(C)c1)c1ccc(O)c(C)c1. The minimum Gasteiger partial charge on any atom is -0.508 e. The summed E-state index contributed by atoms with van der Waals surface area (Å²) in [7, 11) is 0. The molecule has 0 amide bonds. The van der Waals surface area contributed by atoms with E-state index >= 15 is 0 Å². The summed E-state index contributed by atoms with van der Waals surface area (Å²) in [5.74, 6) is 0.697. The van der Waals surface area contributed by atoms with Gasteiger partial charge in [0.15, 0.2) is 0 Å². The molecule has 0 heterocycles. The van der Waals surface area contributed by atoms with E-state index in [-0.39, 0.29) is 5.41 Å². The third-order valence-corrected chi connectivity index (χ3v) is 5.13. The highest BCUT2D eigenvalue weighted by atomic mass is 16.3. The molecule has 2 rings (SSSR count). The number of phenolic OH excluding ortho intramolecular Hbond substituents is 2. The first-order chi connectivity index (χ1) is 11.4. The molecule has 0 saturated carbocycles. The van der Waals surface area contributed by atoms with Crippen molar-refractivity contribution in [3.8, 4) is 11.5 Å². The third-order valence-electron chi connectivity index (χ3n) is 5.13. The van der Waals surface area contributed by atoms with Gasteiger partial charge in [-0.15, -0.1) is 0 Å². The Morgan fingerprint density at radius 1 is 0.750 bits per heavy atom. The number of benzene rings is 2. The summed E-state index contributed by atoms with van der Waals surface area (Å²) in [6.45, 7) is 8.36. The zero-order valence-corrected chi connectivity index (χ0v) is 15.4. The second kappa shape index (κ2) is 7.74. The van der Waals surface area contributed by atoms with E-state index in [1.165, 1.54) is 11.1 Å². The molecule has 0 atom stereocenters. The van der Waals surface area contributed by atoms with Gasteiger partial charge >= 0.3 is 0 Å². The summed E-state index contributed by atoms with van der Waals surface area (Å²) in [6, 6.07) is 12.0. The number of rotatable bonds is 7. The molecular formula is C22H30O2. The zero-order valence-electron chi connectivity index (χ0n) is 15.4. The molecule has 0 unspecified atom stereocenters. The van der Waals surface area contributed by atoms with Crippen LogP contribution in [0.5, 0.6) is 11.5 Å². The molecule has 130 valence electrons. The van der Waals surface area contributed by atoms with E-state index in [2.05, 4.69) is 38.1 Å². The van der Waals surface area contributed by atoms with Crippen molar-refractivity contribution >= 4 is 0 Å². The fourth-order valence-corrected chi connectivity index (χ4v) is 3.68. The molecule has 0 bridgehead atoms. The van der Waals surface area contributed by atoms with Gasteiger partial charge in [0.05, 0.1) is 0 Å². The Kier molecular flexibility index (Phi) is 5.93. The Hall–Kier alpha value is -1.96. The van der Waals surface area contributed by atoms with Crippen LogP contribution in [0, 0.1) is 13.8 Å². The number of phenols is 2. The van der Waals surface area contributed by atoms with Crippen molar-refractivity contribution in [3.05, 3.63) is 58.7 Å². The predicted octanol–water partition coefficient (Wildman–Crippen LogP) is 5.99. The van der Waals surface area contributed by atoms with E-state index in [1.807, 2.05) is 26.0 Å². The van der Waals surface area contributed by atoms with Crippen molar-refractivity contribution < 1.29 is 10.2 Å². The molecule has 0 fully saturated rings. The standard InChI is InChI=1S/C22H30O2/c1-5-7-13-22(12-6-2,18-8-10-20(23)16(3)14-18)19-9-11-21(24)17(4)15-19/h8-11,14-15,23-24H,5-7,12-13H2,1-4H3. The van der Waals surface area contributed by atoms with Gasteiger partial charge in [-0.2, -0.15) is 0 Å². The molecule has 0 aliphatic rings. The summed E-state index contributed by atoms with van der Waals surface area (Å²) in [5.41, 5.74) is 4.29. The normalized spacial score (nSPS) is 11.7. The minimum absolute atomic E-state index is 0.0678. The number of unbranched alkanes of at least 4 members (excludes halogenated alkanes) is 1. The lowest BCUT2D eigenvalue weighted by molar-refractivity contribution is 0.411. The van der Waals surface area contributed by atoms with Gasteiger partial charge in [0, 0.05) is 5.41 Å². The van der Waals surface area contributed by atoms with Crippen molar-refractivity contribution in [1.29, 1.82) is 0 Å². The van der Waals surface area contributed by atoms with Crippen LogP contribution in [0.4, 0.5) is 0 Å². The summed E-state index contributed by atoms with van der Waals surface area (Å²) in [5, 5.41) is 19.9. The minimum atomic E-state index is -0.0678. The van der Waals surface area contributed by atoms with E-state index in [0.29, 0.717) is 11.5 Å². The highest BCUT2D eigenvalue weighted by Gasteiger charge is 2.33. The van der Waals surface area contributed by atoms with Gasteiger partial charge in [-0.3, -0.25) is 0 Å². The lowest BCUT2D eigenvalue weighted by Crippen LogP contribution is -2.28. The van der Waals surface area contributed by atoms with Gasteiger partial charge < -0.3 is 10.2 Å². The van der Waals surface area contributed by atoms with Crippen LogP contribution < -0.4 is 0 Å². The maximum Gasteiger partial charge on any atom is 0.118 e. The predicted molar refractivity (Wildman–Crippen MR) is 101 cm³/mol. The van der Waals surface area contributed by atoms with Gasteiger partial charge in [0.1, 0.15) is 11.5 Å². The Morgan fingerprint density at radius 2 is 1.25 bits per heavy atom. The van der Waals surface area contributed by atoms with E-state index in [0.717, 1.165) is 43.2 Å². The van der Waals surface area contributed by atoms with Crippen LogP contribution in [0.2, 0.25) is 0 Å². The van der Waals surface area contributed by atoms with Crippen LogP contribution in [0.3, 0.4) is 0 Å². The van der Waals surface area contributed by atoms with Gasteiger partial charge in [0.2, 0.25) is 0 Å². The molecule has 0 aliphatic heterocycles. The van der Waals surface area contributed by atoms with E-state index < -0.39 is 0 Å². The molecule has 0 aromatic heterocycles. The Morgan fingerprint density at radius 3 is 1.62 bits per heavy atom. The van der Waals surface area contributed by atoms with Crippen molar-refractivity contribution in [2.75, 3.05) is 0 Å². The third kappa shape index (κ3) is 3.58. The van der Waals surface area contributed by atoms with Crippen LogP contribution >= 0.6 is 0 Å². The Labute approximate surface area is 146 Å². The fourth-order valence-electron chi connectivity index (χ4n) is 3.68. The molecule has 24 heavy (non-hydrogen) atoms. The maximum atomic E-state index is 9.93. The lowest BCUT2D eigenvalue weighted by atomic mass is 9.68. The first kappa shape index (κ1) is 18.4. The summed E-state index contributed by atoms with van der Waals surface area (Å²) in [4.78, 5) is 0. The molecule has 0 spiro atoms. The Balaban J connectivity index is 2.65. The molecule has 2 aromatic rings. The largest absolute Gasteiger partial charge is 0.508 e. The zero-order chi connectivity index (χ0) is 17.7. The first-order valence-corrected chi connectivity index (χ1v) is 9.04. The number of aromatic hydroxyl groups is 2. The van der Waals surface area contributed by atoms with Gasteiger partial charge in [-0.1, -0.05) is 57.4 Å². The average Bonchev–Trinajstić information content (AvgIpc) is 2.56. The summed E-state index contributed by atoms with van der Waals surface area (Å²) >= 11 is 0. The second-order valence-electron chi connectivity index (χ2n) is 6.94. The molecule has 0 radical (unpaired) electrons. The van der Waals surface area contributed by atoms with Gasteiger partial charge in [-0.25, -0.2) is 0 Å². The van der Waals surface area contributed by atoms with Crippen LogP contribution in [0.15, 0.2) is 36.4 Å². The van der Waals surface area contributed by atoms with Crippen molar-refractivity contribution in [2.45, 2.75) is 65.2 Å². The lowest BCUT2D eigenvalue weighted by Gasteiger charge is -2.36. The molecule has 2 heteroatoms. The van der Waals surface area contributed by atoms with Crippen molar-refractivity contribution in [1.82, 2.24) is 0 Å². The topological polar surface area (TPSA) is 40.5 Å². The van der Waals surface area contributed by atoms with Crippen LogP contribution in [-0.2, 0) is 5.41 Å². The highest BCUT2D eigenvalue weighted by Crippen LogP contribution is 2.43. The first-order valence-electron chi connectivity index (χ1n) is 9.04. The van der Waals surface area contributed by atoms with Crippen LogP contribution in [0.25, 0.3) is 0 Å². The average molecular weight is 326 g/mol.